The molecule has 0 saturated carbocycles. The van der Waals surface area contributed by atoms with Gasteiger partial charge in [-0.3, -0.25) is 4.79 Å². The van der Waals surface area contributed by atoms with E-state index in [2.05, 4.69) is 25.3 Å². The molecule has 1 N–H and O–H groups in total. The van der Waals surface area contributed by atoms with Crippen LogP contribution in [0, 0.1) is 13.8 Å². The summed E-state index contributed by atoms with van der Waals surface area (Å²) in [6.45, 7) is 3.95. The number of halogens is 1. The lowest BCUT2D eigenvalue weighted by Crippen LogP contribution is -2.14. The number of benzene rings is 2. The fourth-order valence-electron chi connectivity index (χ4n) is 2.79. The van der Waals surface area contributed by atoms with E-state index in [0.29, 0.717) is 32.6 Å². The molecule has 0 spiro atoms. The number of hydrogen-bond donors (Lipinski definition) is 1. The molecule has 0 saturated heterocycles. The van der Waals surface area contributed by atoms with Gasteiger partial charge in [-0.05, 0) is 31.5 Å². The Morgan fingerprint density at radius 2 is 1.87 bits per heavy atom. The predicted octanol–water partition coefficient (Wildman–Crippen LogP) is 5.09. The maximum atomic E-state index is 12.3. The predicted molar refractivity (Wildman–Crippen MR) is 121 cm³/mol. The zero-order valence-electron chi connectivity index (χ0n) is 16.4. The first-order valence-electron chi connectivity index (χ1n) is 9.23. The van der Waals surface area contributed by atoms with E-state index >= 15 is 0 Å². The number of thioether (sulfide) groups is 1. The maximum absolute atomic E-state index is 12.3. The van der Waals surface area contributed by atoms with Crippen molar-refractivity contribution in [1.29, 1.82) is 0 Å². The average Bonchev–Trinajstić information content (AvgIpc) is 2.75. The Hall–Kier alpha value is -3.03. The van der Waals surface area contributed by atoms with E-state index in [1.165, 1.54) is 23.7 Å². The summed E-state index contributed by atoms with van der Waals surface area (Å²) in [6, 6.07) is 13.4. The second-order valence-corrected chi connectivity index (χ2v) is 8.15. The van der Waals surface area contributed by atoms with Crippen molar-refractivity contribution >= 4 is 46.0 Å². The van der Waals surface area contributed by atoms with Crippen LogP contribution in [0.3, 0.4) is 0 Å². The van der Waals surface area contributed by atoms with E-state index in [4.69, 9.17) is 11.6 Å². The van der Waals surface area contributed by atoms with Crippen LogP contribution < -0.4 is 5.32 Å². The zero-order valence-corrected chi connectivity index (χ0v) is 18.0. The number of carbonyl (C=O) groups excluding carboxylic acids is 1. The lowest BCUT2D eigenvalue weighted by atomic mass is 10.1. The third-order valence-electron chi connectivity index (χ3n) is 4.46. The van der Waals surface area contributed by atoms with Crippen molar-refractivity contribution < 1.29 is 4.79 Å². The highest BCUT2D eigenvalue weighted by Gasteiger charge is 2.11. The van der Waals surface area contributed by atoms with Crippen molar-refractivity contribution in [3.63, 3.8) is 0 Å². The fraction of sp³-hybridized carbons (Fsp3) is 0.136. The van der Waals surface area contributed by atoms with Gasteiger partial charge in [0.05, 0.1) is 11.1 Å². The standard InChI is InChI=1S/C22H18ClN5OS/c1-13-3-6-15(7-4-13)20-24-10-17-21(28-20)25-12-26-22(17)30-11-19(29)27-16-8-5-14(2)18(23)9-16/h3-10,12H,11H2,1-2H3,(H,27,29). The van der Waals surface area contributed by atoms with Gasteiger partial charge in [-0.25, -0.2) is 19.9 Å². The highest BCUT2D eigenvalue weighted by Crippen LogP contribution is 2.26. The Morgan fingerprint density at radius 1 is 1.07 bits per heavy atom. The third-order valence-corrected chi connectivity index (χ3v) is 5.87. The van der Waals surface area contributed by atoms with Crippen LogP contribution in [0.2, 0.25) is 5.02 Å². The smallest absolute Gasteiger partial charge is 0.234 e. The van der Waals surface area contributed by atoms with Crippen molar-refractivity contribution in [1.82, 2.24) is 19.9 Å². The molecule has 4 aromatic rings. The van der Waals surface area contributed by atoms with Crippen molar-refractivity contribution in [2.45, 2.75) is 18.9 Å². The normalized spacial score (nSPS) is 10.9. The largest absolute Gasteiger partial charge is 0.325 e. The molecule has 0 fully saturated rings. The lowest BCUT2D eigenvalue weighted by molar-refractivity contribution is -0.113. The summed E-state index contributed by atoms with van der Waals surface area (Å²) in [6.07, 6.45) is 3.16. The van der Waals surface area contributed by atoms with Gasteiger partial charge < -0.3 is 5.32 Å². The first-order chi connectivity index (χ1) is 14.5. The van der Waals surface area contributed by atoms with E-state index in [1.54, 1.807) is 12.3 Å². The Balaban J connectivity index is 1.49. The molecule has 0 atom stereocenters. The first kappa shape index (κ1) is 20.3. The van der Waals surface area contributed by atoms with E-state index in [-0.39, 0.29) is 11.7 Å². The Bertz CT molecular complexity index is 1230. The number of aryl methyl sites for hydroxylation is 2. The second kappa shape index (κ2) is 8.77. The van der Waals surface area contributed by atoms with Gasteiger partial charge in [-0.2, -0.15) is 0 Å². The van der Waals surface area contributed by atoms with Gasteiger partial charge in [0.15, 0.2) is 11.5 Å². The number of anilines is 1. The molecule has 150 valence electrons. The molecule has 30 heavy (non-hydrogen) atoms. The highest BCUT2D eigenvalue weighted by molar-refractivity contribution is 8.00. The summed E-state index contributed by atoms with van der Waals surface area (Å²) in [7, 11) is 0. The Labute approximate surface area is 183 Å². The lowest BCUT2D eigenvalue weighted by Gasteiger charge is -2.08. The Kier molecular flexibility index (Phi) is 5.92. The number of nitrogens with zero attached hydrogens (tertiary/aromatic N) is 4. The monoisotopic (exact) mass is 435 g/mol. The number of hydrogen-bond acceptors (Lipinski definition) is 6. The van der Waals surface area contributed by atoms with Gasteiger partial charge in [0.25, 0.3) is 0 Å². The molecule has 0 bridgehead atoms. The van der Waals surface area contributed by atoms with Crippen LogP contribution in [0.5, 0.6) is 0 Å². The van der Waals surface area contributed by atoms with E-state index in [1.807, 2.05) is 50.2 Å². The van der Waals surface area contributed by atoms with Crippen LogP contribution in [-0.4, -0.2) is 31.6 Å². The summed E-state index contributed by atoms with van der Waals surface area (Å²) < 4.78 is 0. The molecule has 0 aliphatic heterocycles. The highest BCUT2D eigenvalue weighted by atomic mass is 35.5. The van der Waals surface area contributed by atoms with Crippen molar-refractivity contribution in [2.75, 3.05) is 11.1 Å². The molecule has 0 aliphatic rings. The molecule has 0 unspecified atom stereocenters. The second-order valence-electron chi connectivity index (χ2n) is 6.78. The number of fused-ring (bicyclic) bond motifs is 1. The molecule has 4 rings (SSSR count). The molecule has 0 radical (unpaired) electrons. The maximum Gasteiger partial charge on any atom is 0.234 e. The summed E-state index contributed by atoms with van der Waals surface area (Å²) in [4.78, 5) is 29.9. The van der Waals surface area contributed by atoms with E-state index < -0.39 is 0 Å². The summed E-state index contributed by atoms with van der Waals surface area (Å²) in [5, 5.41) is 4.83. The SMILES string of the molecule is Cc1ccc(-c2ncc3c(SCC(=O)Nc4ccc(C)c(Cl)c4)ncnc3n2)cc1. The molecule has 2 heterocycles. The van der Waals surface area contributed by atoms with Gasteiger partial charge >= 0.3 is 0 Å². The van der Waals surface area contributed by atoms with Crippen LogP contribution in [0.25, 0.3) is 22.4 Å². The van der Waals surface area contributed by atoms with Crippen molar-refractivity contribution in [3.8, 4) is 11.4 Å². The molecule has 8 heteroatoms. The molecular formula is C22H18ClN5OS. The number of amides is 1. The minimum absolute atomic E-state index is 0.149. The molecule has 6 nitrogen and oxygen atoms in total. The van der Waals surface area contributed by atoms with Crippen LogP contribution in [0.15, 0.2) is 60.0 Å². The minimum Gasteiger partial charge on any atom is -0.325 e. The summed E-state index contributed by atoms with van der Waals surface area (Å²) in [5.74, 6) is 0.646. The van der Waals surface area contributed by atoms with Gasteiger partial charge in [0, 0.05) is 22.5 Å². The topological polar surface area (TPSA) is 80.7 Å². The van der Waals surface area contributed by atoms with Crippen molar-refractivity contribution in [3.05, 3.63) is 71.1 Å². The van der Waals surface area contributed by atoms with Gasteiger partial charge in [0.2, 0.25) is 5.91 Å². The molecular weight excluding hydrogens is 418 g/mol. The molecule has 1 amide bonds. The first-order valence-corrected chi connectivity index (χ1v) is 10.6. The van der Waals surface area contributed by atoms with Crippen molar-refractivity contribution in [2.24, 2.45) is 0 Å². The van der Waals surface area contributed by atoms with Gasteiger partial charge in [-0.15, -0.1) is 0 Å². The van der Waals surface area contributed by atoms with Gasteiger partial charge in [-0.1, -0.05) is 59.3 Å². The number of aromatic nitrogens is 4. The number of carbonyl (C=O) groups is 1. The van der Waals surface area contributed by atoms with Crippen LogP contribution in [0.4, 0.5) is 5.69 Å². The summed E-state index contributed by atoms with van der Waals surface area (Å²) in [5.41, 5.74) is 4.26. The molecule has 2 aromatic carbocycles. The fourth-order valence-corrected chi connectivity index (χ4v) is 3.73. The number of nitrogens with one attached hydrogen (secondary N) is 1. The Morgan fingerprint density at radius 3 is 2.63 bits per heavy atom. The van der Waals surface area contributed by atoms with E-state index in [0.717, 1.165) is 11.1 Å². The number of rotatable bonds is 5. The van der Waals surface area contributed by atoms with Crippen LogP contribution in [0.1, 0.15) is 11.1 Å². The van der Waals surface area contributed by atoms with Gasteiger partial charge in [0.1, 0.15) is 11.4 Å². The van der Waals surface area contributed by atoms with E-state index in [9.17, 15) is 4.79 Å². The third kappa shape index (κ3) is 4.58. The molecule has 2 aromatic heterocycles. The molecule has 0 aliphatic carbocycles. The van der Waals surface area contributed by atoms with Crippen LogP contribution >= 0.6 is 23.4 Å². The summed E-state index contributed by atoms with van der Waals surface area (Å²) >= 11 is 7.43. The zero-order chi connectivity index (χ0) is 21.1. The quantitative estimate of drug-likeness (QED) is 0.347. The van der Waals surface area contributed by atoms with Crippen LogP contribution in [-0.2, 0) is 4.79 Å². The average molecular weight is 436 g/mol. The minimum atomic E-state index is -0.149.